The number of methoxy groups -OCH3 is 1. The van der Waals surface area contributed by atoms with Gasteiger partial charge in [0, 0.05) is 10.6 Å². The van der Waals surface area contributed by atoms with E-state index in [0.717, 1.165) is 16.7 Å². The van der Waals surface area contributed by atoms with Crippen molar-refractivity contribution in [3.8, 4) is 5.75 Å². The number of aryl methyl sites for hydroxylation is 3. The van der Waals surface area contributed by atoms with E-state index in [-0.39, 0.29) is 0 Å². The van der Waals surface area contributed by atoms with E-state index >= 15 is 0 Å². The Morgan fingerprint density at radius 3 is 2.20 bits per heavy atom. The molecule has 2 rings (SSSR count). The molecule has 0 saturated heterocycles. The molecule has 2 aromatic rings. The van der Waals surface area contributed by atoms with Gasteiger partial charge in [-0.15, -0.1) is 0 Å². The monoisotopic (exact) mass is 290 g/mol. The molecule has 0 amide bonds. The molecule has 0 heterocycles. The third-order valence-electron chi connectivity index (χ3n) is 3.50. The lowest BCUT2D eigenvalue weighted by Crippen LogP contribution is -2.07. The highest BCUT2D eigenvalue weighted by Gasteiger charge is 2.19. The molecular weight excluding hydrogens is 272 g/mol. The zero-order chi connectivity index (χ0) is 14.9. The molecule has 1 unspecified atom stereocenters. The molecule has 0 aliphatic heterocycles. The average molecular weight is 291 g/mol. The molecule has 2 nitrogen and oxygen atoms in total. The highest BCUT2D eigenvalue weighted by Crippen LogP contribution is 2.35. The second-order valence-corrected chi connectivity index (χ2v) is 5.54. The molecule has 0 radical (unpaired) electrons. The van der Waals surface area contributed by atoms with Gasteiger partial charge in [0.1, 0.15) is 11.9 Å². The summed E-state index contributed by atoms with van der Waals surface area (Å²) in [6.45, 7) is 6.07. The van der Waals surface area contributed by atoms with Gasteiger partial charge in [-0.25, -0.2) is 0 Å². The van der Waals surface area contributed by atoms with Gasteiger partial charge < -0.3 is 9.84 Å². The van der Waals surface area contributed by atoms with Gasteiger partial charge in [-0.2, -0.15) is 0 Å². The van der Waals surface area contributed by atoms with Crippen LogP contribution in [0.4, 0.5) is 0 Å². The lowest BCUT2D eigenvalue weighted by molar-refractivity contribution is 0.213. The van der Waals surface area contributed by atoms with Crippen molar-refractivity contribution in [3.63, 3.8) is 0 Å². The van der Waals surface area contributed by atoms with Crippen LogP contribution in [0.1, 0.15) is 33.9 Å². The minimum atomic E-state index is -0.746. The fraction of sp³-hybridized carbons (Fsp3) is 0.294. The van der Waals surface area contributed by atoms with E-state index < -0.39 is 6.10 Å². The summed E-state index contributed by atoms with van der Waals surface area (Å²) in [6.07, 6.45) is -0.746. The Bertz CT molecular complexity index is 612. The maximum Gasteiger partial charge on any atom is 0.125 e. The maximum absolute atomic E-state index is 10.7. The molecular formula is C17H19ClO2. The first-order valence-electron chi connectivity index (χ1n) is 6.53. The summed E-state index contributed by atoms with van der Waals surface area (Å²) in [7, 11) is 1.59. The molecule has 2 aromatic carbocycles. The summed E-state index contributed by atoms with van der Waals surface area (Å²) in [5.74, 6) is 0.640. The van der Waals surface area contributed by atoms with Crippen LogP contribution in [-0.4, -0.2) is 12.2 Å². The highest BCUT2D eigenvalue weighted by atomic mass is 35.5. The van der Waals surface area contributed by atoms with Crippen LogP contribution in [0.25, 0.3) is 0 Å². The number of hydrogen-bond acceptors (Lipinski definition) is 2. The SMILES string of the molecule is COc1ccc(Cl)cc1C(O)c1c(C)cc(C)cc1C. The zero-order valence-corrected chi connectivity index (χ0v) is 13.0. The van der Waals surface area contributed by atoms with E-state index in [1.165, 1.54) is 5.56 Å². The Morgan fingerprint density at radius 2 is 1.65 bits per heavy atom. The third-order valence-corrected chi connectivity index (χ3v) is 3.73. The topological polar surface area (TPSA) is 29.5 Å². The van der Waals surface area contributed by atoms with Crippen LogP contribution >= 0.6 is 11.6 Å². The number of ether oxygens (including phenoxy) is 1. The molecule has 106 valence electrons. The van der Waals surface area contributed by atoms with E-state index in [4.69, 9.17) is 16.3 Å². The first kappa shape index (κ1) is 14.9. The van der Waals surface area contributed by atoms with Gasteiger partial charge in [-0.1, -0.05) is 29.3 Å². The molecule has 20 heavy (non-hydrogen) atoms. The smallest absolute Gasteiger partial charge is 0.125 e. The average Bonchev–Trinajstić information content (AvgIpc) is 2.37. The highest BCUT2D eigenvalue weighted by molar-refractivity contribution is 6.30. The fourth-order valence-electron chi connectivity index (χ4n) is 2.70. The van der Waals surface area contributed by atoms with Crippen LogP contribution < -0.4 is 4.74 Å². The van der Waals surface area contributed by atoms with Crippen LogP contribution in [0.2, 0.25) is 5.02 Å². The third kappa shape index (κ3) is 2.82. The Morgan fingerprint density at radius 1 is 1.05 bits per heavy atom. The summed E-state index contributed by atoms with van der Waals surface area (Å²) in [5.41, 5.74) is 4.93. The van der Waals surface area contributed by atoms with Gasteiger partial charge >= 0.3 is 0 Å². The molecule has 0 bridgehead atoms. The Hall–Kier alpha value is -1.51. The van der Waals surface area contributed by atoms with Gasteiger partial charge in [0.05, 0.1) is 7.11 Å². The van der Waals surface area contributed by atoms with Crippen LogP contribution in [0.15, 0.2) is 30.3 Å². The van der Waals surface area contributed by atoms with Crippen molar-refractivity contribution in [2.75, 3.05) is 7.11 Å². The molecule has 3 heteroatoms. The molecule has 1 atom stereocenters. The van der Waals surface area contributed by atoms with E-state index in [0.29, 0.717) is 16.3 Å². The van der Waals surface area contributed by atoms with Crippen molar-refractivity contribution in [2.45, 2.75) is 26.9 Å². The molecule has 0 aliphatic rings. The molecule has 0 saturated carbocycles. The number of benzene rings is 2. The predicted molar refractivity (Wildman–Crippen MR) is 82.7 cm³/mol. The fourth-order valence-corrected chi connectivity index (χ4v) is 2.88. The van der Waals surface area contributed by atoms with Crippen LogP contribution in [0.3, 0.4) is 0 Å². The van der Waals surface area contributed by atoms with Gasteiger partial charge in [-0.3, -0.25) is 0 Å². The number of rotatable bonds is 3. The molecule has 0 aliphatic carbocycles. The number of halogens is 1. The second kappa shape index (κ2) is 5.86. The Balaban J connectivity index is 2.57. The lowest BCUT2D eigenvalue weighted by Gasteiger charge is -2.20. The first-order valence-corrected chi connectivity index (χ1v) is 6.91. The van der Waals surface area contributed by atoms with Crippen LogP contribution in [0.5, 0.6) is 5.75 Å². The summed E-state index contributed by atoms with van der Waals surface area (Å²) >= 11 is 6.04. The summed E-state index contributed by atoms with van der Waals surface area (Å²) in [6, 6.07) is 9.43. The lowest BCUT2D eigenvalue weighted by atomic mass is 9.91. The van der Waals surface area contributed by atoms with Gasteiger partial charge in [0.2, 0.25) is 0 Å². The summed E-state index contributed by atoms with van der Waals surface area (Å²) < 4.78 is 5.33. The summed E-state index contributed by atoms with van der Waals surface area (Å²) in [5, 5.41) is 11.3. The minimum Gasteiger partial charge on any atom is -0.496 e. The first-order chi connectivity index (χ1) is 9.43. The molecule has 0 fully saturated rings. The van der Waals surface area contributed by atoms with Crippen molar-refractivity contribution in [1.29, 1.82) is 0 Å². The normalized spacial score (nSPS) is 12.3. The Kier molecular flexibility index (Phi) is 4.36. The molecule has 1 N–H and O–H groups in total. The predicted octanol–water partition coefficient (Wildman–Crippen LogP) is 4.36. The standard InChI is InChI=1S/C17H19ClO2/c1-10-7-11(2)16(12(3)8-10)17(19)14-9-13(18)5-6-15(14)20-4/h5-9,17,19H,1-4H3. The second-order valence-electron chi connectivity index (χ2n) is 5.10. The van der Waals surface area contributed by atoms with E-state index in [1.54, 1.807) is 25.3 Å². The number of aliphatic hydroxyl groups excluding tert-OH is 1. The zero-order valence-electron chi connectivity index (χ0n) is 12.2. The van der Waals surface area contributed by atoms with Gasteiger partial charge in [-0.05, 0) is 55.7 Å². The van der Waals surface area contributed by atoms with Crippen molar-refractivity contribution in [3.05, 3.63) is 63.2 Å². The van der Waals surface area contributed by atoms with E-state index in [2.05, 4.69) is 19.1 Å². The van der Waals surface area contributed by atoms with E-state index in [9.17, 15) is 5.11 Å². The number of hydrogen-bond donors (Lipinski definition) is 1. The quantitative estimate of drug-likeness (QED) is 0.910. The molecule has 0 aromatic heterocycles. The number of aliphatic hydroxyl groups is 1. The van der Waals surface area contributed by atoms with Crippen molar-refractivity contribution >= 4 is 11.6 Å². The van der Waals surface area contributed by atoms with Gasteiger partial charge in [0.15, 0.2) is 0 Å². The van der Waals surface area contributed by atoms with Crippen LogP contribution in [-0.2, 0) is 0 Å². The summed E-state index contributed by atoms with van der Waals surface area (Å²) in [4.78, 5) is 0. The largest absolute Gasteiger partial charge is 0.496 e. The van der Waals surface area contributed by atoms with Crippen molar-refractivity contribution < 1.29 is 9.84 Å². The van der Waals surface area contributed by atoms with Crippen molar-refractivity contribution in [1.82, 2.24) is 0 Å². The minimum absolute atomic E-state index is 0.585. The maximum atomic E-state index is 10.7. The van der Waals surface area contributed by atoms with Crippen LogP contribution in [0, 0.1) is 20.8 Å². The Labute approximate surface area is 125 Å². The van der Waals surface area contributed by atoms with E-state index in [1.807, 2.05) is 13.8 Å². The van der Waals surface area contributed by atoms with Gasteiger partial charge in [0.25, 0.3) is 0 Å². The molecule has 0 spiro atoms. The van der Waals surface area contributed by atoms with Crippen molar-refractivity contribution in [2.24, 2.45) is 0 Å².